The van der Waals surface area contributed by atoms with Gasteiger partial charge in [-0.3, -0.25) is 9.59 Å². The first-order valence-corrected chi connectivity index (χ1v) is 9.51. The van der Waals surface area contributed by atoms with Crippen molar-refractivity contribution in [3.05, 3.63) is 59.1 Å². The fourth-order valence-corrected chi connectivity index (χ4v) is 2.97. The number of carbonyl (C=O) groups excluding carboxylic acids is 2. The molecule has 3 N–H and O–H groups in total. The first-order chi connectivity index (χ1) is 13.9. The zero-order valence-electron chi connectivity index (χ0n) is 16.0. The minimum absolute atomic E-state index is 0.195. The number of rotatable bonds is 9. The average Bonchev–Trinajstić information content (AvgIpc) is 2.67. The van der Waals surface area contributed by atoms with Crippen LogP contribution < -0.4 is 10.6 Å². The summed E-state index contributed by atoms with van der Waals surface area (Å²) < 4.78 is 4.68. The summed E-state index contributed by atoms with van der Waals surface area (Å²) in [6.07, 6.45) is -0.594. The molecule has 2 aromatic carbocycles. The van der Waals surface area contributed by atoms with Crippen molar-refractivity contribution < 1.29 is 24.2 Å². The van der Waals surface area contributed by atoms with Gasteiger partial charge < -0.3 is 20.5 Å². The maximum Gasteiger partial charge on any atom is 0.407 e. The molecule has 0 bridgehead atoms. The van der Waals surface area contributed by atoms with Crippen LogP contribution in [0.3, 0.4) is 0 Å². The third kappa shape index (κ3) is 7.83. The number of hydrogen-bond donors (Lipinski definition) is 3. The minimum Gasteiger partial charge on any atom is -0.481 e. The van der Waals surface area contributed by atoms with Crippen LogP contribution in [0.15, 0.2) is 48.5 Å². The smallest absolute Gasteiger partial charge is 0.407 e. The van der Waals surface area contributed by atoms with Crippen molar-refractivity contribution in [1.29, 1.82) is 0 Å². The van der Waals surface area contributed by atoms with Crippen LogP contribution in [0.25, 0.3) is 11.1 Å². The van der Waals surface area contributed by atoms with Crippen molar-refractivity contribution in [2.24, 2.45) is 0 Å². The molecule has 29 heavy (non-hydrogen) atoms. The highest BCUT2D eigenvalue weighted by Gasteiger charge is 2.17. The third-order valence-corrected chi connectivity index (χ3v) is 4.28. The fraction of sp³-hybridized carbons (Fsp3) is 0.286. The summed E-state index contributed by atoms with van der Waals surface area (Å²) in [6.45, 7) is 1.56. The van der Waals surface area contributed by atoms with E-state index >= 15 is 0 Å². The van der Waals surface area contributed by atoms with E-state index in [0.29, 0.717) is 11.4 Å². The lowest BCUT2D eigenvalue weighted by Crippen LogP contribution is -2.43. The van der Waals surface area contributed by atoms with Crippen LogP contribution in [0.4, 0.5) is 4.79 Å². The van der Waals surface area contributed by atoms with Gasteiger partial charge in [0.25, 0.3) is 0 Å². The molecular weight excluding hydrogens is 396 g/mol. The number of carbonyl (C=O) groups is 3. The lowest BCUT2D eigenvalue weighted by atomic mass is 9.99. The lowest BCUT2D eigenvalue weighted by molar-refractivity contribution is -0.137. The third-order valence-electron chi connectivity index (χ3n) is 4.05. The molecule has 8 heteroatoms. The number of carboxylic acid groups (broad SMARTS) is 1. The van der Waals surface area contributed by atoms with Gasteiger partial charge in [-0.05, 0) is 42.2 Å². The second-order valence-corrected chi connectivity index (χ2v) is 6.78. The maximum atomic E-state index is 12.0. The highest BCUT2D eigenvalue weighted by atomic mass is 35.5. The van der Waals surface area contributed by atoms with Gasteiger partial charge in [0, 0.05) is 11.1 Å². The molecule has 0 saturated carbocycles. The zero-order valence-corrected chi connectivity index (χ0v) is 16.7. The molecule has 1 atom stereocenters. The zero-order chi connectivity index (χ0) is 21.2. The Hall–Kier alpha value is -3.06. The number of carboxylic acids is 1. The normalized spacial score (nSPS) is 11.4. The number of halogens is 1. The maximum absolute atomic E-state index is 12.0. The summed E-state index contributed by atoms with van der Waals surface area (Å²) in [7, 11) is 0. The van der Waals surface area contributed by atoms with Gasteiger partial charge in [0.1, 0.15) is 6.54 Å². The Morgan fingerprint density at radius 2 is 1.83 bits per heavy atom. The molecule has 0 aliphatic carbocycles. The van der Waals surface area contributed by atoms with Gasteiger partial charge in [-0.15, -0.1) is 0 Å². The van der Waals surface area contributed by atoms with Crippen LogP contribution in [0.2, 0.25) is 5.02 Å². The Kier molecular flexibility index (Phi) is 8.48. The quantitative estimate of drug-likeness (QED) is 0.579. The summed E-state index contributed by atoms with van der Waals surface area (Å²) >= 11 is 6.02. The summed E-state index contributed by atoms with van der Waals surface area (Å²) in [5.41, 5.74) is 2.83. The van der Waals surface area contributed by atoms with Gasteiger partial charge in [0.2, 0.25) is 5.91 Å². The summed E-state index contributed by atoms with van der Waals surface area (Å²) in [4.78, 5) is 34.4. The summed E-state index contributed by atoms with van der Waals surface area (Å²) in [5, 5.41) is 14.7. The predicted octanol–water partition coefficient (Wildman–Crippen LogP) is 3.26. The number of benzene rings is 2. The molecule has 0 saturated heterocycles. The van der Waals surface area contributed by atoms with E-state index in [-0.39, 0.29) is 19.6 Å². The molecule has 0 spiro atoms. The Balaban J connectivity index is 1.99. The second-order valence-electron chi connectivity index (χ2n) is 6.35. The standard InChI is InChI=1S/C21H23ClN2O5/c1-2-29-21(28)23-13-19(25)24-18(12-20(26)27)10-14-6-8-15(9-7-14)16-4-3-5-17(22)11-16/h3-9,11,18H,2,10,12-13H2,1H3,(H,23,28)(H,24,25)(H,26,27). The van der Waals surface area contributed by atoms with E-state index in [0.717, 1.165) is 16.7 Å². The van der Waals surface area contributed by atoms with Crippen molar-refractivity contribution in [2.75, 3.05) is 13.2 Å². The molecule has 0 aliphatic rings. The molecule has 154 valence electrons. The minimum atomic E-state index is -1.02. The van der Waals surface area contributed by atoms with Crippen molar-refractivity contribution in [3.63, 3.8) is 0 Å². The first kappa shape index (κ1) is 22.2. The van der Waals surface area contributed by atoms with Crippen LogP contribution in [-0.4, -0.2) is 42.3 Å². The molecule has 2 aromatic rings. The topological polar surface area (TPSA) is 105 Å². The van der Waals surface area contributed by atoms with Crippen molar-refractivity contribution in [3.8, 4) is 11.1 Å². The second kappa shape index (κ2) is 11.1. The molecule has 0 heterocycles. The molecule has 0 aliphatic heterocycles. The van der Waals surface area contributed by atoms with Gasteiger partial charge in [-0.2, -0.15) is 0 Å². The van der Waals surface area contributed by atoms with Crippen LogP contribution in [0.5, 0.6) is 0 Å². The van der Waals surface area contributed by atoms with E-state index in [1.165, 1.54) is 0 Å². The highest BCUT2D eigenvalue weighted by molar-refractivity contribution is 6.30. The number of nitrogens with one attached hydrogen (secondary N) is 2. The Labute approximate surface area is 174 Å². The van der Waals surface area contributed by atoms with E-state index < -0.39 is 24.0 Å². The number of alkyl carbamates (subject to hydrolysis) is 1. The van der Waals surface area contributed by atoms with E-state index in [1.54, 1.807) is 13.0 Å². The van der Waals surface area contributed by atoms with E-state index in [4.69, 9.17) is 16.7 Å². The van der Waals surface area contributed by atoms with Crippen LogP contribution in [0.1, 0.15) is 18.9 Å². The van der Waals surface area contributed by atoms with E-state index in [9.17, 15) is 14.4 Å². The fourth-order valence-electron chi connectivity index (χ4n) is 2.78. The number of ether oxygens (including phenoxy) is 1. The average molecular weight is 419 g/mol. The van der Waals surface area contributed by atoms with Gasteiger partial charge in [-0.1, -0.05) is 48.0 Å². The number of aliphatic carboxylic acids is 1. The van der Waals surface area contributed by atoms with Gasteiger partial charge in [0.15, 0.2) is 0 Å². The molecule has 2 amide bonds. The predicted molar refractivity (Wildman–Crippen MR) is 110 cm³/mol. The molecule has 0 radical (unpaired) electrons. The largest absolute Gasteiger partial charge is 0.481 e. The Bertz CT molecular complexity index is 854. The molecule has 0 fully saturated rings. The molecule has 0 aromatic heterocycles. The number of amides is 2. The van der Waals surface area contributed by atoms with Gasteiger partial charge in [0.05, 0.1) is 13.0 Å². The van der Waals surface area contributed by atoms with Crippen molar-refractivity contribution in [2.45, 2.75) is 25.8 Å². The summed E-state index contributed by atoms with van der Waals surface area (Å²) in [6, 6.07) is 14.5. The SMILES string of the molecule is CCOC(=O)NCC(=O)NC(CC(=O)O)Cc1ccc(-c2cccc(Cl)c2)cc1. The molecule has 2 rings (SSSR count). The molecular formula is C21H23ClN2O5. The number of hydrogen-bond acceptors (Lipinski definition) is 4. The molecule has 7 nitrogen and oxygen atoms in total. The van der Waals surface area contributed by atoms with Crippen molar-refractivity contribution in [1.82, 2.24) is 10.6 Å². The van der Waals surface area contributed by atoms with E-state index in [2.05, 4.69) is 15.4 Å². The molecule has 1 unspecified atom stereocenters. The Morgan fingerprint density at radius 3 is 2.45 bits per heavy atom. The van der Waals surface area contributed by atoms with Crippen molar-refractivity contribution >= 4 is 29.6 Å². The summed E-state index contributed by atoms with van der Waals surface area (Å²) in [5.74, 6) is -1.51. The highest BCUT2D eigenvalue weighted by Crippen LogP contribution is 2.23. The van der Waals surface area contributed by atoms with E-state index in [1.807, 2.05) is 42.5 Å². The van der Waals surface area contributed by atoms with Crippen LogP contribution >= 0.6 is 11.6 Å². The van der Waals surface area contributed by atoms with Gasteiger partial charge >= 0.3 is 12.1 Å². The Morgan fingerprint density at radius 1 is 1.10 bits per heavy atom. The van der Waals surface area contributed by atoms with Crippen LogP contribution in [-0.2, 0) is 20.7 Å². The monoisotopic (exact) mass is 418 g/mol. The first-order valence-electron chi connectivity index (χ1n) is 9.14. The van der Waals surface area contributed by atoms with Gasteiger partial charge in [-0.25, -0.2) is 4.79 Å². The van der Waals surface area contributed by atoms with Crippen LogP contribution in [0, 0.1) is 0 Å². The lowest BCUT2D eigenvalue weighted by Gasteiger charge is -2.17.